The van der Waals surface area contributed by atoms with Crippen LogP contribution in [0.1, 0.15) is 17.7 Å². The first kappa shape index (κ1) is 24.5. The molecule has 2 aromatic heterocycles. The maximum Gasteiger partial charge on any atom is 0.375 e. The fourth-order valence-corrected chi connectivity index (χ4v) is 5.92. The molecule has 0 saturated carbocycles. The number of ether oxygens (including phenoxy) is 2. The number of carbonyl (C=O) groups is 2. The van der Waals surface area contributed by atoms with Crippen LogP contribution in [0.25, 0.3) is 5.69 Å². The number of rotatable bonds is 9. The smallest absolute Gasteiger partial charge is 0.375 e. The van der Waals surface area contributed by atoms with E-state index in [-0.39, 0.29) is 21.8 Å². The zero-order chi connectivity index (χ0) is 25.8. The Labute approximate surface area is 217 Å². The van der Waals surface area contributed by atoms with Crippen LogP contribution in [0.5, 0.6) is 0 Å². The monoisotopic (exact) mass is 538 g/mol. The predicted molar refractivity (Wildman–Crippen MR) is 129 cm³/mol. The SMILES string of the molecule is CCOC(=O)C1(C(Sc2nn[nH]n2)c2ccccc2)OC(=O)C(O)=C1Sc1nnnn1-c1ccccc1. The largest absolute Gasteiger partial charge is 0.501 e. The maximum atomic E-state index is 13.7. The lowest BCUT2D eigenvalue weighted by molar-refractivity contribution is -0.172. The Kier molecular flexibility index (Phi) is 6.87. The van der Waals surface area contributed by atoms with Gasteiger partial charge in [-0.05, 0) is 52.0 Å². The molecule has 0 saturated heterocycles. The van der Waals surface area contributed by atoms with Gasteiger partial charge in [0.15, 0.2) is 0 Å². The van der Waals surface area contributed by atoms with Gasteiger partial charge in [-0.1, -0.05) is 60.3 Å². The van der Waals surface area contributed by atoms with Gasteiger partial charge >= 0.3 is 11.9 Å². The van der Waals surface area contributed by atoms with Gasteiger partial charge < -0.3 is 14.6 Å². The van der Waals surface area contributed by atoms with E-state index in [1.807, 2.05) is 6.07 Å². The summed E-state index contributed by atoms with van der Waals surface area (Å²) in [6.45, 7) is 1.62. The lowest BCUT2D eigenvalue weighted by Crippen LogP contribution is -2.46. The van der Waals surface area contributed by atoms with E-state index >= 15 is 0 Å². The van der Waals surface area contributed by atoms with Gasteiger partial charge in [0.25, 0.3) is 5.60 Å². The zero-order valence-electron chi connectivity index (χ0n) is 19.1. The second-order valence-electron chi connectivity index (χ2n) is 7.44. The minimum absolute atomic E-state index is 0.00696. The van der Waals surface area contributed by atoms with Crippen LogP contribution in [-0.4, -0.2) is 70.1 Å². The Bertz CT molecular complexity index is 1430. The molecule has 1 aliphatic rings. The Morgan fingerprint density at radius 2 is 1.89 bits per heavy atom. The first-order valence-corrected chi connectivity index (χ1v) is 12.5. The molecule has 15 heteroatoms. The van der Waals surface area contributed by atoms with Crippen molar-refractivity contribution in [2.75, 3.05) is 6.61 Å². The number of benzene rings is 2. The minimum Gasteiger partial charge on any atom is -0.501 e. The van der Waals surface area contributed by atoms with Gasteiger partial charge in [-0.15, -0.1) is 15.3 Å². The molecule has 188 valence electrons. The molecule has 0 bridgehead atoms. The van der Waals surface area contributed by atoms with Crippen molar-refractivity contribution >= 4 is 35.5 Å². The number of thioether (sulfide) groups is 2. The molecule has 1 aliphatic heterocycles. The summed E-state index contributed by atoms with van der Waals surface area (Å²) in [5.74, 6) is -2.74. The highest BCUT2D eigenvalue weighted by Crippen LogP contribution is 2.55. The van der Waals surface area contributed by atoms with Crippen molar-refractivity contribution in [3.8, 4) is 5.69 Å². The molecule has 0 spiro atoms. The molecule has 5 rings (SSSR count). The molecule has 0 fully saturated rings. The Hall–Kier alpha value is -4.24. The van der Waals surface area contributed by atoms with Gasteiger partial charge in [0.05, 0.1) is 22.4 Å². The van der Waals surface area contributed by atoms with Gasteiger partial charge in [-0.25, -0.2) is 9.59 Å². The molecular weight excluding hydrogens is 520 g/mol. The third kappa shape index (κ3) is 4.53. The molecular formula is C22H18N8O5S2. The van der Waals surface area contributed by atoms with Crippen LogP contribution in [0, 0.1) is 0 Å². The Morgan fingerprint density at radius 3 is 2.57 bits per heavy atom. The van der Waals surface area contributed by atoms with Crippen molar-refractivity contribution in [1.29, 1.82) is 0 Å². The van der Waals surface area contributed by atoms with Crippen LogP contribution >= 0.6 is 23.5 Å². The molecule has 3 heterocycles. The number of aromatic amines is 1. The molecule has 13 nitrogen and oxygen atoms in total. The summed E-state index contributed by atoms with van der Waals surface area (Å²) < 4.78 is 12.5. The molecule has 0 amide bonds. The number of nitrogens with one attached hydrogen (secondary N) is 1. The van der Waals surface area contributed by atoms with Gasteiger partial charge in [-0.3, -0.25) is 0 Å². The van der Waals surface area contributed by atoms with Crippen molar-refractivity contribution < 1.29 is 24.2 Å². The van der Waals surface area contributed by atoms with Crippen molar-refractivity contribution in [2.45, 2.75) is 28.1 Å². The van der Waals surface area contributed by atoms with Crippen molar-refractivity contribution in [3.63, 3.8) is 0 Å². The van der Waals surface area contributed by atoms with Crippen LogP contribution in [0.2, 0.25) is 0 Å². The third-order valence-electron chi connectivity index (χ3n) is 5.23. The van der Waals surface area contributed by atoms with Crippen molar-refractivity contribution in [3.05, 3.63) is 76.9 Å². The summed E-state index contributed by atoms with van der Waals surface area (Å²) in [6, 6.07) is 17.8. The highest BCUT2D eigenvalue weighted by atomic mass is 32.2. The molecule has 2 aromatic carbocycles. The molecule has 0 aliphatic carbocycles. The topological polar surface area (TPSA) is 171 Å². The third-order valence-corrected chi connectivity index (χ3v) is 7.60. The average Bonchev–Trinajstić information content (AvgIpc) is 3.66. The van der Waals surface area contributed by atoms with E-state index in [9.17, 15) is 14.7 Å². The number of carbonyl (C=O) groups excluding carboxylic acids is 2. The zero-order valence-corrected chi connectivity index (χ0v) is 20.7. The Balaban J connectivity index is 1.67. The summed E-state index contributed by atoms with van der Waals surface area (Å²) in [5, 5.41) is 36.0. The van der Waals surface area contributed by atoms with E-state index in [0.717, 1.165) is 23.5 Å². The number of esters is 2. The summed E-state index contributed by atoms with van der Waals surface area (Å²) >= 11 is 1.83. The minimum atomic E-state index is -2.12. The lowest BCUT2D eigenvalue weighted by atomic mass is 9.93. The summed E-state index contributed by atoms with van der Waals surface area (Å²) in [5.41, 5.74) is -0.918. The number of aliphatic hydroxyl groups is 1. The van der Waals surface area contributed by atoms with Crippen molar-refractivity contribution in [2.24, 2.45) is 0 Å². The van der Waals surface area contributed by atoms with E-state index in [0.29, 0.717) is 11.3 Å². The number of hydrogen-bond acceptors (Lipinski definition) is 13. The van der Waals surface area contributed by atoms with Crippen LogP contribution in [-0.2, 0) is 19.1 Å². The van der Waals surface area contributed by atoms with Gasteiger partial charge in [-0.2, -0.15) is 9.90 Å². The fourth-order valence-electron chi connectivity index (χ4n) is 3.67. The standard InChI is InChI=1S/C22H18N8O5S2/c1-2-34-19(33)22(16(13-9-5-3-6-10-13)36-20-23-26-27-24-20)17(15(31)18(32)35-22)37-21-25-28-29-30(21)14-11-7-4-8-12-14/h3-12,16,31H,2H2,1H3,(H,23,24,26,27). The summed E-state index contributed by atoms with van der Waals surface area (Å²) in [6.07, 6.45) is 0. The lowest BCUT2D eigenvalue weighted by Gasteiger charge is -2.34. The first-order valence-electron chi connectivity index (χ1n) is 10.9. The predicted octanol–water partition coefficient (Wildman–Crippen LogP) is 2.43. The van der Waals surface area contributed by atoms with E-state index in [4.69, 9.17) is 9.47 Å². The second-order valence-corrected chi connectivity index (χ2v) is 9.49. The number of hydrogen-bond donors (Lipinski definition) is 2. The number of para-hydroxylation sites is 1. The highest BCUT2D eigenvalue weighted by molar-refractivity contribution is 8.03. The van der Waals surface area contributed by atoms with Crippen LogP contribution < -0.4 is 0 Å². The summed E-state index contributed by atoms with van der Waals surface area (Å²) in [4.78, 5) is 26.4. The second kappa shape index (κ2) is 10.4. The van der Waals surface area contributed by atoms with E-state index < -0.39 is 28.5 Å². The number of cyclic esters (lactones) is 1. The van der Waals surface area contributed by atoms with Gasteiger partial charge in [0.2, 0.25) is 16.1 Å². The van der Waals surface area contributed by atoms with Crippen LogP contribution in [0.3, 0.4) is 0 Å². The van der Waals surface area contributed by atoms with Crippen LogP contribution in [0.15, 0.2) is 81.6 Å². The van der Waals surface area contributed by atoms with E-state index in [2.05, 4.69) is 36.1 Å². The quantitative estimate of drug-likeness (QED) is 0.235. The van der Waals surface area contributed by atoms with Gasteiger partial charge in [0.1, 0.15) is 0 Å². The molecule has 2 atom stereocenters. The average molecular weight is 539 g/mol. The Morgan fingerprint density at radius 1 is 1.16 bits per heavy atom. The number of nitrogens with zero attached hydrogens (tertiary/aromatic N) is 7. The number of aliphatic hydroxyl groups excluding tert-OH is 1. The number of tetrazole rings is 2. The normalized spacial score (nSPS) is 18.0. The molecule has 0 radical (unpaired) electrons. The molecule has 2 unspecified atom stereocenters. The number of aromatic nitrogens is 8. The van der Waals surface area contributed by atoms with Crippen molar-refractivity contribution in [1.82, 2.24) is 40.8 Å². The van der Waals surface area contributed by atoms with Gasteiger partial charge in [0, 0.05) is 0 Å². The summed E-state index contributed by atoms with van der Waals surface area (Å²) in [7, 11) is 0. The molecule has 37 heavy (non-hydrogen) atoms. The number of H-pyrrole nitrogens is 1. The van der Waals surface area contributed by atoms with E-state index in [1.54, 1.807) is 61.5 Å². The molecule has 4 aromatic rings. The van der Waals surface area contributed by atoms with E-state index in [1.165, 1.54) is 4.68 Å². The highest BCUT2D eigenvalue weighted by Gasteiger charge is 2.62. The molecule has 2 N–H and O–H groups in total. The maximum absolute atomic E-state index is 13.7. The fraction of sp³-hybridized carbons (Fsp3) is 0.182. The first-order chi connectivity index (χ1) is 18.0. The van der Waals surface area contributed by atoms with Crippen LogP contribution in [0.4, 0.5) is 0 Å².